The van der Waals surface area contributed by atoms with Gasteiger partial charge in [0.25, 0.3) is 0 Å². The second kappa shape index (κ2) is 13.6. The van der Waals surface area contributed by atoms with Crippen LogP contribution in [0.3, 0.4) is 0 Å². The fourth-order valence-corrected chi connectivity index (χ4v) is 10.5. The Morgan fingerprint density at radius 3 is 2.02 bits per heavy atom. The molecule has 6 atom stereocenters. The first kappa shape index (κ1) is 35.4. The van der Waals surface area contributed by atoms with E-state index in [2.05, 4.69) is 0 Å². The fourth-order valence-electron chi connectivity index (χ4n) is 10.5. The van der Waals surface area contributed by atoms with Crippen molar-refractivity contribution in [3.63, 3.8) is 0 Å². The fraction of sp³-hybridized carbons (Fsp3) is 0.157. The molecule has 6 unspecified atom stereocenters. The Bertz CT molecular complexity index is 2760. The molecule has 3 aliphatic carbocycles. The van der Waals surface area contributed by atoms with Crippen LogP contribution in [0.4, 0.5) is 5.69 Å². The molecule has 4 aliphatic rings. The van der Waals surface area contributed by atoms with Gasteiger partial charge in [-0.25, -0.2) is 0 Å². The van der Waals surface area contributed by atoms with Crippen molar-refractivity contribution in [3.8, 4) is 5.75 Å². The van der Waals surface area contributed by atoms with Crippen molar-refractivity contribution >= 4 is 51.2 Å². The van der Waals surface area contributed by atoms with Crippen LogP contribution in [0.2, 0.25) is 0 Å². The zero-order valence-electron chi connectivity index (χ0n) is 31.3. The maximum atomic E-state index is 15.4. The molecule has 6 aromatic carbocycles. The number of carbonyl (C=O) groups excluding carboxylic acids is 5. The van der Waals surface area contributed by atoms with E-state index in [1.807, 2.05) is 103 Å². The first-order valence-electron chi connectivity index (χ1n) is 19.7. The van der Waals surface area contributed by atoms with Crippen molar-refractivity contribution < 1.29 is 29.1 Å². The third kappa shape index (κ3) is 5.16. The second-order valence-electron chi connectivity index (χ2n) is 15.8. The average Bonchev–Trinajstić information content (AvgIpc) is 3.53. The van der Waals surface area contributed by atoms with Gasteiger partial charge in [0.2, 0.25) is 11.8 Å². The summed E-state index contributed by atoms with van der Waals surface area (Å²) in [5.41, 5.74) is 2.74. The Labute approximate surface area is 335 Å². The number of hydrogen-bond donors (Lipinski definition) is 1. The van der Waals surface area contributed by atoms with E-state index in [1.165, 1.54) is 11.0 Å². The molecule has 7 nitrogen and oxygen atoms in total. The number of benzene rings is 6. The van der Waals surface area contributed by atoms with Gasteiger partial charge in [0, 0.05) is 34.1 Å². The first-order chi connectivity index (χ1) is 28.3. The Hall–Kier alpha value is -6.99. The maximum Gasteiger partial charge on any atom is 0.238 e. The molecule has 1 saturated carbocycles. The highest BCUT2D eigenvalue weighted by atomic mass is 16.3. The number of rotatable bonds is 6. The second-order valence-corrected chi connectivity index (χ2v) is 15.8. The summed E-state index contributed by atoms with van der Waals surface area (Å²) in [7, 11) is 0. The smallest absolute Gasteiger partial charge is 0.238 e. The molecule has 1 N–H and O–H groups in total. The summed E-state index contributed by atoms with van der Waals surface area (Å²) in [6.45, 7) is 0. The predicted molar refractivity (Wildman–Crippen MR) is 221 cm³/mol. The van der Waals surface area contributed by atoms with E-state index in [4.69, 9.17) is 0 Å². The normalized spacial score (nSPS) is 25.1. The van der Waals surface area contributed by atoms with Gasteiger partial charge in [-0.3, -0.25) is 28.9 Å². The van der Waals surface area contributed by atoms with Crippen molar-refractivity contribution in [1.29, 1.82) is 0 Å². The third-order valence-electron chi connectivity index (χ3n) is 13.0. The summed E-state index contributed by atoms with van der Waals surface area (Å²) in [5, 5.41) is 13.6. The van der Waals surface area contributed by atoms with E-state index in [0.717, 1.165) is 16.3 Å². The summed E-state index contributed by atoms with van der Waals surface area (Å²) < 4.78 is 0. The lowest BCUT2D eigenvalue weighted by molar-refractivity contribution is -0.135. The van der Waals surface area contributed by atoms with Crippen molar-refractivity contribution in [3.05, 3.63) is 197 Å². The molecule has 0 bridgehead atoms. The molecule has 10 rings (SSSR count). The minimum atomic E-state index is -1.47. The molecule has 1 saturated heterocycles. The number of hydrogen-bond acceptors (Lipinski definition) is 6. The van der Waals surface area contributed by atoms with Gasteiger partial charge < -0.3 is 5.11 Å². The van der Waals surface area contributed by atoms with Crippen molar-refractivity contribution in [2.24, 2.45) is 23.7 Å². The number of imide groups is 1. The minimum absolute atomic E-state index is 0.0138. The Morgan fingerprint density at radius 2 is 1.29 bits per heavy atom. The number of allylic oxidation sites excluding steroid dienone is 4. The van der Waals surface area contributed by atoms with E-state index >= 15 is 9.59 Å². The van der Waals surface area contributed by atoms with E-state index in [1.54, 1.807) is 54.6 Å². The molecule has 0 spiro atoms. The van der Waals surface area contributed by atoms with Crippen LogP contribution in [-0.4, -0.2) is 34.3 Å². The summed E-state index contributed by atoms with van der Waals surface area (Å²) in [6.07, 6.45) is 3.88. The van der Waals surface area contributed by atoms with Gasteiger partial charge in [0.05, 0.1) is 22.9 Å². The number of aromatic hydroxyl groups is 1. The van der Waals surface area contributed by atoms with Crippen molar-refractivity contribution in [2.75, 3.05) is 4.90 Å². The van der Waals surface area contributed by atoms with E-state index in [-0.39, 0.29) is 47.8 Å². The number of ketones is 3. The highest BCUT2D eigenvalue weighted by Crippen LogP contribution is 2.65. The number of carbonyl (C=O) groups is 5. The molecule has 58 heavy (non-hydrogen) atoms. The van der Waals surface area contributed by atoms with Crippen LogP contribution < -0.4 is 4.90 Å². The Kier molecular flexibility index (Phi) is 8.30. The lowest BCUT2D eigenvalue weighted by Crippen LogP contribution is -2.58. The molecule has 1 heterocycles. The van der Waals surface area contributed by atoms with Crippen LogP contribution in [-0.2, 0) is 24.6 Å². The van der Waals surface area contributed by atoms with Crippen LogP contribution in [0, 0.1) is 23.7 Å². The molecule has 1 aliphatic heterocycles. The van der Waals surface area contributed by atoms with Gasteiger partial charge in [0.1, 0.15) is 5.75 Å². The van der Waals surface area contributed by atoms with Gasteiger partial charge in [0.15, 0.2) is 17.3 Å². The number of anilines is 1. The molecule has 2 fully saturated rings. The predicted octanol–water partition coefficient (Wildman–Crippen LogP) is 8.81. The molecule has 6 aromatic rings. The first-order valence-corrected chi connectivity index (χ1v) is 19.7. The average molecular weight is 760 g/mol. The summed E-state index contributed by atoms with van der Waals surface area (Å²) in [5.74, 6) is -5.27. The number of fused-ring (bicyclic) bond motifs is 5. The Morgan fingerprint density at radius 1 is 0.655 bits per heavy atom. The SMILES string of the molecule is O=C(c1ccccc1)c1ccc(N2C(=O)C3CC=C4C(CC5C(=O)C(c6ccccc6)=CC(=O)C5(c5ccccc5)C4c4c(O)ccc5ccccc45)C3C2=O)cc1. The lowest BCUT2D eigenvalue weighted by Gasteiger charge is -2.55. The molecule has 0 radical (unpaired) electrons. The number of phenols is 1. The number of phenolic OH excluding ortho intramolecular Hbond substituents is 1. The highest BCUT2D eigenvalue weighted by Gasteiger charge is 2.66. The van der Waals surface area contributed by atoms with Crippen molar-refractivity contribution in [1.82, 2.24) is 0 Å². The summed E-state index contributed by atoms with van der Waals surface area (Å²) in [6, 6.07) is 45.1. The lowest BCUT2D eigenvalue weighted by atomic mass is 9.44. The van der Waals surface area contributed by atoms with Gasteiger partial charge in [-0.1, -0.05) is 133 Å². The molecule has 2 amide bonds. The molecule has 282 valence electrons. The zero-order valence-corrected chi connectivity index (χ0v) is 31.3. The van der Waals surface area contributed by atoms with Gasteiger partial charge in [-0.2, -0.15) is 0 Å². The van der Waals surface area contributed by atoms with Gasteiger partial charge >= 0.3 is 0 Å². The molecular weight excluding hydrogens is 723 g/mol. The monoisotopic (exact) mass is 759 g/mol. The van der Waals surface area contributed by atoms with Crippen LogP contribution >= 0.6 is 0 Å². The van der Waals surface area contributed by atoms with Crippen LogP contribution in [0.1, 0.15) is 51.4 Å². The number of Topliss-reactive ketones (excluding diaryl/α,β-unsaturated/α-hetero) is 1. The van der Waals surface area contributed by atoms with Gasteiger partial charge in [-0.05, 0) is 77.1 Å². The topological polar surface area (TPSA) is 109 Å². The number of nitrogens with zero attached hydrogens (tertiary/aromatic N) is 1. The van der Waals surface area contributed by atoms with Crippen LogP contribution in [0.15, 0.2) is 169 Å². The largest absolute Gasteiger partial charge is 0.508 e. The quantitative estimate of drug-likeness (QED) is 0.103. The van der Waals surface area contributed by atoms with E-state index in [0.29, 0.717) is 39.1 Å². The molecular formula is C51H37NO6. The van der Waals surface area contributed by atoms with E-state index in [9.17, 15) is 19.5 Å². The van der Waals surface area contributed by atoms with Crippen LogP contribution in [0.5, 0.6) is 5.75 Å². The van der Waals surface area contributed by atoms with E-state index < -0.39 is 35.0 Å². The van der Waals surface area contributed by atoms with Crippen molar-refractivity contribution in [2.45, 2.75) is 24.2 Å². The third-order valence-corrected chi connectivity index (χ3v) is 13.0. The van der Waals surface area contributed by atoms with Crippen LogP contribution in [0.25, 0.3) is 16.3 Å². The summed E-state index contributed by atoms with van der Waals surface area (Å²) in [4.78, 5) is 74.5. The summed E-state index contributed by atoms with van der Waals surface area (Å²) >= 11 is 0. The number of amides is 2. The molecule has 0 aromatic heterocycles. The standard InChI is InChI=1S/C51H37NO6/c53-42-27-22-31-14-10-11-19-36(31)45(42)46-37-25-26-38-44(50(58)52(49(38)57)35-23-20-33(21-24-35)47(55)32-15-6-2-7-16-32)40(37)28-41-48(56)39(30-12-4-1-5-13-30)29-43(54)51(41,46)34-17-8-3-9-18-34/h1-25,27,29,38,40-41,44,46,53H,26,28H2. The Balaban J connectivity index is 1.14. The zero-order chi connectivity index (χ0) is 39.7. The minimum Gasteiger partial charge on any atom is -0.508 e. The van der Waals surface area contributed by atoms with Gasteiger partial charge in [-0.15, -0.1) is 0 Å². The maximum absolute atomic E-state index is 15.4. The highest BCUT2D eigenvalue weighted by molar-refractivity contribution is 6.32. The molecule has 7 heteroatoms.